The summed E-state index contributed by atoms with van der Waals surface area (Å²) in [6.07, 6.45) is 0. The van der Waals surface area contributed by atoms with Crippen LogP contribution in [0.25, 0.3) is 0 Å². The smallest absolute Gasteiger partial charge is 0.129 e. The van der Waals surface area contributed by atoms with Gasteiger partial charge in [-0.05, 0) is 17.7 Å². The Morgan fingerprint density at radius 3 is 2.04 bits per heavy atom. The molecular weight excluding hydrogens is 306 g/mol. The molecule has 3 rings (SSSR count). The molecule has 1 fully saturated rings. The lowest BCUT2D eigenvalue weighted by Crippen LogP contribution is -2.17. The van der Waals surface area contributed by atoms with E-state index in [1.54, 1.807) is 0 Å². The van der Waals surface area contributed by atoms with Gasteiger partial charge in [0.05, 0.1) is 6.04 Å². The maximum absolute atomic E-state index is 3.51. The molecule has 0 aliphatic carbocycles. The van der Waals surface area contributed by atoms with Crippen molar-refractivity contribution in [2.75, 3.05) is 0 Å². The topological polar surface area (TPSA) is 3.01 Å². The number of benzene rings is 2. The van der Waals surface area contributed by atoms with Gasteiger partial charge in [0.2, 0.25) is 0 Å². The highest BCUT2D eigenvalue weighted by atomic mass is 28.3. The second kappa shape index (κ2) is 7.10. The molecule has 0 bridgehead atoms. The summed E-state index contributed by atoms with van der Waals surface area (Å²) < 4.78 is 0. The largest absolute Gasteiger partial charge is 0.267 e. The monoisotopic (exact) mass is 329 g/mol. The minimum absolute atomic E-state index is 0.245. The van der Waals surface area contributed by atoms with Crippen LogP contribution in [0.4, 0.5) is 0 Å². The van der Waals surface area contributed by atoms with Crippen molar-refractivity contribution in [2.24, 2.45) is 0 Å². The third-order valence-corrected chi connectivity index (χ3v) is 4.76. The molecule has 3 atom stereocenters. The van der Waals surface area contributed by atoms with Crippen LogP contribution < -0.4 is 0 Å². The molecule has 1 aliphatic heterocycles. The van der Waals surface area contributed by atoms with E-state index in [-0.39, 0.29) is 12.1 Å². The van der Waals surface area contributed by atoms with E-state index >= 15 is 0 Å². The Morgan fingerprint density at radius 2 is 1.42 bits per heavy atom. The van der Waals surface area contributed by atoms with Crippen LogP contribution >= 0.6 is 0 Å². The zero-order chi connectivity index (χ0) is 17.0. The minimum atomic E-state index is -1.35. The van der Waals surface area contributed by atoms with Crippen LogP contribution in [0.1, 0.15) is 11.1 Å². The fourth-order valence-electron chi connectivity index (χ4n) is 2.56. The third kappa shape index (κ3) is 4.62. The molecule has 1 saturated heterocycles. The van der Waals surface area contributed by atoms with E-state index in [9.17, 15) is 0 Å². The van der Waals surface area contributed by atoms with Crippen LogP contribution in [-0.2, 0) is 6.54 Å². The molecule has 0 N–H and O–H groups in total. The molecule has 1 unspecified atom stereocenters. The summed E-state index contributed by atoms with van der Waals surface area (Å²) in [5.41, 5.74) is 5.90. The first-order valence-electron chi connectivity index (χ1n) is 8.42. The Bertz CT molecular complexity index is 798. The van der Waals surface area contributed by atoms with Crippen LogP contribution in [0.2, 0.25) is 19.6 Å². The van der Waals surface area contributed by atoms with Gasteiger partial charge in [0.1, 0.15) is 14.1 Å². The Balaban J connectivity index is 1.76. The summed E-state index contributed by atoms with van der Waals surface area (Å²) in [4.78, 5) is 2.39. The Hall–Kier alpha value is -2.26. The molecule has 1 nitrogen and oxygen atoms in total. The summed E-state index contributed by atoms with van der Waals surface area (Å²) in [6.45, 7) is 7.78. The van der Waals surface area contributed by atoms with Crippen molar-refractivity contribution in [1.82, 2.24) is 4.90 Å². The fraction of sp³-hybridized carbons (Fsp3) is 0.273. The average molecular weight is 330 g/mol. The van der Waals surface area contributed by atoms with Crippen molar-refractivity contribution in [3.05, 3.63) is 71.8 Å². The number of hydrogen-bond acceptors (Lipinski definition) is 1. The normalized spacial score (nSPS) is 21.9. The van der Waals surface area contributed by atoms with E-state index in [0.29, 0.717) is 0 Å². The second-order valence-electron chi connectivity index (χ2n) is 7.20. The van der Waals surface area contributed by atoms with Gasteiger partial charge in [-0.15, -0.1) is 5.54 Å². The van der Waals surface area contributed by atoms with Crippen LogP contribution in [-0.4, -0.2) is 25.1 Å². The molecule has 2 heteroatoms. The average Bonchev–Trinajstić information content (AvgIpc) is 3.23. The highest BCUT2D eigenvalue weighted by molar-refractivity contribution is 6.83. The van der Waals surface area contributed by atoms with Crippen molar-refractivity contribution in [3.63, 3.8) is 0 Å². The first kappa shape index (κ1) is 16.6. The zero-order valence-corrected chi connectivity index (χ0v) is 15.6. The molecule has 24 heavy (non-hydrogen) atoms. The predicted octanol–water partition coefficient (Wildman–Crippen LogP) is 4.17. The molecule has 0 saturated carbocycles. The van der Waals surface area contributed by atoms with Gasteiger partial charge in [0.25, 0.3) is 0 Å². The molecule has 2 aromatic rings. The quantitative estimate of drug-likeness (QED) is 0.454. The number of nitrogens with zero attached hydrogens (tertiary/aromatic N) is 1. The van der Waals surface area contributed by atoms with E-state index < -0.39 is 8.07 Å². The molecular formula is C22H23NSi. The van der Waals surface area contributed by atoms with Gasteiger partial charge in [-0.2, -0.15) is 0 Å². The molecule has 1 aliphatic rings. The maximum atomic E-state index is 3.51. The Morgan fingerprint density at radius 1 is 0.833 bits per heavy atom. The lowest BCUT2D eigenvalue weighted by atomic mass is 10.2. The van der Waals surface area contributed by atoms with Crippen LogP contribution in [0.3, 0.4) is 0 Å². The Labute approximate surface area is 146 Å². The molecule has 0 aromatic heterocycles. The first-order valence-corrected chi connectivity index (χ1v) is 11.9. The van der Waals surface area contributed by atoms with Crippen molar-refractivity contribution in [3.8, 4) is 23.3 Å². The van der Waals surface area contributed by atoms with Gasteiger partial charge in [0, 0.05) is 12.1 Å². The molecule has 120 valence electrons. The summed E-state index contributed by atoms with van der Waals surface area (Å²) in [7, 11) is -1.35. The predicted molar refractivity (Wildman–Crippen MR) is 104 cm³/mol. The zero-order valence-electron chi connectivity index (χ0n) is 14.6. The number of rotatable bonds is 2. The molecule has 0 amide bonds. The summed E-state index contributed by atoms with van der Waals surface area (Å²) in [5.74, 6) is 10.2. The molecule has 0 spiro atoms. The summed E-state index contributed by atoms with van der Waals surface area (Å²) in [5, 5.41) is 0. The molecule has 2 aromatic carbocycles. The van der Waals surface area contributed by atoms with E-state index in [2.05, 4.69) is 90.3 Å². The van der Waals surface area contributed by atoms with E-state index in [4.69, 9.17) is 0 Å². The molecule has 1 heterocycles. The lowest BCUT2D eigenvalue weighted by Gasteiger charge is -2.03. The minimum Gasteiger partial charge on any atom is -0.267 e. The third-order valence-electron chi connectivity index (χ3n) is 3.87. The highest BCUT2D eigenvalue weighted by Crippen LogP contribution is 2.30. The van der Waals surface area contributed by atoms with Gasteiger partial charge < -0.3 is 0 Å². The van der Waals surface area contributed by atoms with E-state index in [1.165, 1.54) is 5.56 Å². The van der Waals surface area contributed by atoms with Crippen molar-refractivity contribution in [1.29, 1.82) is 0 Å². The maximum Gasteiger partial charge on any atom is 0.129 e. The molecule has 0 radical (unpaired) electrons. The van der Waals surface area contributed by atoms with Gasteiger partial charge in [-0.25, -0.2) is 0 Å². The van der Waals surface area contributed by atoms with E-state index in [0.717, 1.165) is 12.1 Å². The van der Waals surface area contributed by atoms with Gasteiger partial charge >= 0.3 is 0 Å². The number of hydrogen-bond donors (Lipinski definition) is 0. The SMILES string of the molecule is C[Si](C)(C)C#C[C@@H]1[C@@H](C#Cc2ccccc2)N1Cc1ccccc1. The van der Waals surface area contributed by atoms with Crippen LogP contribution in [0, 0.1) is 23.3 Å². The fourth-order valence-corrected chi connectivity index (χ4v) is 3.14. The van der Waals surface area contributed by atoms with Crippen molar-refractivity contribution in [2.45, 2.75) is 38.3 Å². The van der Waals surface area contributed by atoms with Gasteiger partial charge in [0.15, 0.2) is 0 Å². The van der Waals surface area contributed by atoms with Gasteiger partial charge in [-0.3, -0.25) is 4.90 Å². The van der Waals surface area contributed by atoms with Gasteiger partial charge in [-0.1, -0.05) is 85.9 Å². The summed E-state index contributed by atoms with van der Waals surface area (Å²) >= 11 is 0. The van der Waals surface area contributed by atoms with Crippen molar-refractivity contribution >= 4 is 8.07 Å². The second-order valence-corrected chi connectivity index (χ2v) is 12.0. The summed E-state index contributed by atoms with van der Waals surface area (Å²) in [6, 6.07) is 21.3. The Kier molecular flexibility index (Phi) is 4.91. The van der Waals surface area contributed by atoms with E-state index in [1.807, 2.05) is 18.2 Å². The van der Waals surface area contributed by atoms with Crippen molar-refractivity contribution < 1.29 is 0 Å². The van der Waals surface area contributed by atoms with Crippen LogP contribution in [0.5, 0.6) is 0 Å². The lowest BCUT2D eigenvalue weighted by molar-refractivity contribution is 0.515. The highest BCUT2D eigenvalue weighted by Gasteiger charge is 2.45. The first-order chi connectivity index (χ1) is 11.5. The standard InChI is InChI=1S/C22H23NSi/c1-24(2,3)17-16-22-21(15-14-19-10-6-4-7-11-19)23(22)18-20-12-8-5-9-13-20/h4-13,21-22H,18H2,1-3H3/t21-,22-,23?/m1/s1. The van der Waals surface area contributed by atoms with Crippen LogP contribution in [0.15, 0.2) is 60.7 Å².